The van der Waals surface area contributed by atoms with Crippen molar-refractivity contribution in [3.05, 3.63) is 35.4 Å². The number of rotatable bonds is 5. The van der Waals surface area contributed by atoms with Gasteiger partial charge in [0.15, 0.2) is 6.61 Å². The van der Waals surface area contributed by atoms with E-state index in [0.29, 0.717) is 11.1 Å². The highest BCUT2D eigenvalue weighted by molar-refractivity contribution is 5.92. The molecule has 2 rings (SSSR count). The fourth-order valence-corrected chi connectivity index (χ4v) is 1.54. The first kappa shape index (κ1) is 10.6. The van der Waals surface area contributed by atoms with Crippen molar-refractivity contribution in [1.82, 2.24) is 0 Å². The molecule has 1 aliphatic carbocycles. The summed E-state index contributed by atoms with van der Waals surface area (Å²) in [6.07, 6.45) is 0. The van der Waals surface area contributed by atoms with E-state index in [4.69, 9.17) is 15.1 Å². The first-order valence-electron chi connectivity index (χ1n) is 4.45. The van der Waals surface area contributed by atoms with E-state index in [1.54, 1.807) is 24.3 Å². The average molecular weight is 224 g/mol. The van der Waals surface area contributed by atoms with Gasteiger partial charge in [0, 0.05) is 11.1 Å². The van der Waals surface area contributed by atoms with Crippen molar-refractivity contribution in [2.24, 2.45) is 0 Å². The molecule has 0 aliphatic heterocycles. The Morgan fingerprint density at radius 3 is 2.19 bits per heavy atom. The normalized spacial score (nSPS) is 15.2. The molecule has 0 heterocycles. The van der Waals surface area contributed by atoms with Crippen LogP contribution in [0.15, 0.2) is 24.3 Å². The molecule has 0 radical (unpaired) electrons. The Bertz CT molecular complexity index is 429. The summed E-state index contributed by atoms with van der Waals surface area (Å²) in [5.41, 5.74) is -0.667. The third-order valence-corrected chi connectivity index (χ3v) is 2.29. The fraction of sp³-hybridized carbons (Fsp3) is 0.200. The van der Waals surface area contributed by atoms with Crippen molar-refractivity contribution in [2.75, 3.05) is 6.61 Å². The minimum absolute atomic E-state index is 0.480. The van der Waals surface area contributed by atoms with Gasteiger partial charge in [-0.25, -0.2) is 19.4 Å². The van der Waals surface area contributed by atoms with Crippen LogP contribution in [0.1, 0.15) is 11.1 Å². The van der Waals surface area contributed by atoms with E-state index in [9.17, 15) is 9.59 Å². The molecule has 1 aromatic rings. The van der Waals surface area contributed by atoms with Crippen LogP contribution in [0.3, 0.4) is 0 Å². The summed E-state index contributed by atoms with van der Waals surface area (Å²) in [5.74, 6) is -2.45. The first-order chi connectivity index (χ1) is 7.59. The van der Waals surface area contributed by atoms with E-state index in [1.165, 1.54) is 0 Å². The highest BCUT2D eigenvalue weighted by Gasteiger charge is 2.60. The second kappa shape index (κ2) is 3.58. The van der Waals surface area contributed by atoms with Crippen molar-refractivity contribution in [3.63, 3.8) is 0 Å². The smallest absolute Gasteiger partial charge is 0.348 e. The highest BCUT2D eigenvalue weighted by atomic mass is 17.2. The van der Waals surface area contributed by atoms with Gasteiger partial charge >= 0.3 is 11.9 Å². The number of benzene rings is 1. The number of carboxylic acids is 2. The predicted molar refractivity (Wildman–Crippen MR) is 49.5 cm³/mol. The molecule has 0 bridgehead atoms. The fourth-order valence-electron chi connectivity index (χ4n) is 1.54. The van der Waals surface area contributed by atoms with Crippen molar-refractivity contribution in [2.45, 2.75) is 5.60 Å². The summed E-state index contributed by atoms with van der Waals surface area (Å²) < 4.78 is 0. The molecule has 0 aromatic heterocycles. The maximum atomic E-state index is 11.1. The zero-order chi connectivity index (χ0) is 11.8. The second-order valence-corrected chi connectivity index (χ2v) is 3.27. The molecule has 0 unspecified atom stereocenters. The van der Waals surface area contributed by atoms with Gasteiger partial charge in [-0.05, 0) is 0 Å². The molecular weight excluding hydrogens is 216 g/mol. The van der Waals surface area contributed by atoms with Crippen LogP contribution >= 0.6 is 0 Å². The van der Waals surface area contributed by atoms with Gasteiger partial charge in [0.05, 0.1) is 0 Å². The van der Waals surface area contributed by atoms with E-state index in [-0.39, 0.29) is 0 Å². The van der Waals surface area contributed by atoms with Crippen molar-refractivity contribution >= 4 is 11.9 Å². The predicted octanol–water partition coefficient (Wildman–Crippen LogP) is 0.361. The van der Waals surface area contributed by atoms with Gasteiger partial charge < -0.3 is 10.2 Å². The monoisotopic (exact) mass is 224 g/mol. The lowest BCUT2D eigenvalue weighted by molar-refractivity contribution is -0.333. The third-order valence-electron chi connectivity index (χ3n) is 2.29. The Morgan fingerprint density at radius 1 is 1.19 bits per heavy atom. The van der Waals surface area contributed by atoms with E-state index >= 15 is 0 Å². The number of fused-ring (bicyclic) bond motifs is 1. The molecule has 2 N–H and O–H groups in total. The van der Waals surface area contributed by atoms with E-state index < -0.39 is 24.1 Å². The highest BCUT2D eigenvalue weighted by Crippen LogP contribution is 2.50. The molecule has 0 amide bonds. The van der Waals surface area contributed by atoms with Crippen LogP contribution in [0.5, 0.6) is 0 Å². The van der Waals surface area contributed by atoms with Crippen LogP contribution in [-0.4, -0.2) is 28.8 Å². The quantitative estimate of drug-likeness (QED) is 0.554. The van der Waals surface area contributed by atoms with E-state index in [0.717, 1.165) is 0 Å². The summed E-state index contributed by atoms with van der Waals surface area (Å²) in [6, 6.07) is 6.52. The van der Waals surface area contributed by atoms with E-state index in [2.05, 4.69) is 4.89 Å². The Morgan fingerprint density at radius 2 is 1.75 bits per heavy atom. The molecule has 0 atom stereocenters. The molecule has 1 aliphatic rings. The third kappa shape index (κ3) is 1.44. The van der Waals surface area contributed by atoms with Crippen molar-refractivity contribution < 1.29 is 29.6 Å². The van der Waals surface area contributed by atoms with Gasteiger partial charge in [0.1, 0.15) is 0 Å². The van der Waals surface area contributed by atoms with Crippen LogP contribution in [0.4, 0.5) is 0 Å². The summed E-state index contributed by atoms with van der Waals surface area (Å²) in [5, 5.41) is 17.4. The largest absolute Gasteiger partial charge is 0.479 e. The summed E-state index contributed by atoms with van der Waals surface area (Å²) in [6.45, 7) is -0.705. The number of hydrogen-bond acceptors (Lipinski definition) is 4. The number of aliphatic carboxylic acids is 2. The molecule has 0 saturated carbocycles. The molecule has 0 saturated heterocycles. The number of carboxylic acid groups (broad SMARTS) is 2. The van der Waals surface area contributed by atoms with Gasteiger partial charge in [0.2, 0.25) is 0 Å². The van der Waals surface area contributed by atoms with Crippen molar-refractivity contribution in [1.29, 1.82) is 0 Å². The second-order valence-electron chi connectivity index (χ2n) is 3.27. The molecule has 16 heavy (non-hydrogen) atoms. The maximum Gasteiger partial charge on any atom is 0.348 e. The van der Waals surface area contributed by atoms with Crippen LogP contribution in [0.25, 0.3) is 0 Å². The average Bonchev–Trinajstić information content (AvgIpc) is 2.88. The Hall–Kier alpha value is -1.92. The molecule has 0 fully saturated rings. The zero-order valence-corrected chi connectivity index (χ0v) is 8.04. The van der Waals surface area contributed by atoms with Crippen LogP contribution < -0.4 is 0 Å². The van der Waals surface area contributed by atoms with Crippen LogP contribution in [0, 0.1) is 0 Å². The summed E-state index contributed by atoms with van der Waals surface area (Å²) in [4.78, 5) is 30.3. The van der Waals surface area contributed by atoms with Crippen LogP contribution in [-0.2, 0) is 25.0 Å². The maximum absolute atomic E-state index is 11.1. The lowest BCUT2D eigenvalue weighted by Crippen LogP contribution is -2.26. The minimum Gasteiger partial charge on any atom is -0.479 e. The Balaban J connectivity index is 2.11. The van der Waals surface area contributed by atoms with Gasteiger partial charge in [-0.2, -0.15) is 0 Å². The van der Waals surface area contributed by atoms with Gasteiger partial charge in [-0.3, -0.25) is 0 Å². The molecule has 84 valence electrons. The Labute approximate surface area is 90.0 Å². The lowest BCUT2D eigenvalue weighted by Gasteiger charge is -2.09. The molecular formula is C10H8O6. The number of carbonyl (C=O) groups is 2. The standard InChI is InChI=1S/C10H8O6/c11-8(12)5-15-16-10(9(13)14)6-3-1-2-4-7(6)10/h1-4H,5H2,(H,11,12)(H,13,14). The molecule has 6 nitrogen and oxygen atoms in total. The lowest BCUT2D eigenvalue weighted by atomic mass is 10.2. The van der Waals surface area contributed by atoms with Gasteiger partial charge in [-0.15, -0.1) is 0 Å². The zero-order valence-electron chi connectivity index (χ0n) is 8.04. The van der Waals surface area contributed by atoms with Gasteiger partial charge in [-0.1, -0.05) is 24.3 Å². The minimum atomic E-state index is -1.63. The van der Waals surface area contributed by atoms with Crippen molar-refractivity contribution in [3.8, 4) is 0 Å². The topological polar surface area (TPSA) is 93.1 Å². The summed E-state index contributed by atoms with van der Waals surface area (Å²) in [7, 11) is 0. The number of hydrogen-bond donors (Lipinski definition) is 2. The first-order valence-corrected chi connectivity index (χ1v) is 4.45. The SMILES string of the molecule is O=C(O)COOC1(C(=O)O)c2ccccc21. The molecule has 6 heteroatoms. The molecule has 1 aromatic carbocycles. The van der Waals surface area contributed by atoms with Crippen LogP contribution in [0.2, 0.25) is 0 Å². The Kier molecular flexibility index (Phi) is 2.37. The molecule has 0 spiro atoms. The van der Waals surface area contributed by atoms with Gasteiger partial charge in [0.25, 0.3) is 5.60 Å². The summed E-state index contributed by atoms with van der Waals surface area (Å²) >= 11 is 0. The van der Waals surface area contributed by atoms with E-state index in [1.807, 2.05) is 0 Å².